The van der Waals surface area contributed by atoms with Gasteiger partial charge in [-0.25, -0.2) is 28.5 Å². The molecule has 0 amide bonds. The van der Waals surface area contributed by atoms with E-state index in [4.69, 9.17) is 39.4 Å². The molecule has 2 aliphatic rings. The second-order valence-electron chi connectivity index (χ2n) is 9.82. The number of hydrogen-bond donors (Lipinski definition) is 9. The topological polar surface area (TPSA) is 339 Å². The summed E-state index contributed by atoms with van der Waals surface area (Å²) in [5.74, 6) is -1.25. The number of halogens is 1. The van der Waals surface area contributed by atoms with Crippen molar-refractivity contribution in [1.82, 2.24) is 34.1 Å². The molecule has 6 rings (SSSR count). The van der Waals surface area contributed by atoms with E-state index in [-0.39, 0.29) is 34.0 Å². The van der Waals surface area contributed by atoms with E-state index >= 15 is 0 Å². The van der Waals surface area contributed by atoms with Crippen LogP contribution in [0.2, 0.25) is 0 Å². The first-order chi connectivity index (χ1) is 21.8. The molecule has 46 heavy (non-hydrogen) atoms. The highest BCUT2D eigenvalue weighted by molar-refractivity contribution is 7.47. The zero-order valence-corrected chi connectivity index (χ0v) is 24.7. The van der Waals surface area contributed by atoms with Gasteiger partial charge in [-0.05, 0) is 0 Å². The number of fused-ring (bicyclic) bond motifs is 2. The Morgan fingerprint density at radius 2 is 1.76 bits per heavy atom. The van der Waals surface area contributed by atoms with Crippen molar-refractivity contribution < 1.29 is 62.3 Å². The van der Waals surface area contributed by atoms with Crippen LogP contribution in [-0.2, 0) is 27.7 Å². The summed E-state index contributed by atoms with van der Waals surface area (Å²) in [6.07, 6.45) is -9.16. The molecule has 4 aromatic heterocycles. The van der Waals surface area contributed by atoms with E-state index in [1.807, 2.05) is 0 Å². The van der Waals surface area contributed by atoms with E-state index < -0.39 is 90.2 Å². The van der Waals surface area contributed by atoms with Crippen molar-refractivity contribution in [3.8, 4) is 0 Å². The Morgan fingerprint density at radius 1 is 1.07 bits per heavy atom. The first kappa shape index (κ1) is 33.8. The van der Waals surface area contributed by atoms with Crippen molar-refractivity contribution in [1.29, 1.82) is 0 Å². The van der Waals surface area contributed by atoms with Crippen molar-refractivity contribution >= 4 is 50.5 Å². The maximum absolute atomic E-state index is 14.5. The number of phosphoric acid groups is 1. The Bertz CT molecular complexity index is 1840. The predicted molar refractivity (Wildman–Crippen MR) is 148 cm³/mol. The van der Waals surface area contributed by atoms with Gasteiger partial charge in [0.05, 0.1) is 24.9 Å². The molecule has 250 valence electrons. The number of anilines is 2. The normalized spacial score (nSPS) is 29.3. The van der Waals surface area contributed by atoms with Crippen LogP contribution in [0, 0.1) is 5.82 Å². The summed E-state index contributed by atoms with van der Waals surface area (Å²) in [5.41, 5.74) is 10.3. The number of H-pyrrole nitrogens is 1. The molecular weight excluding hydrogens is 667 g/mol. The van der Waals surface area contributed by atoms with Gasteiger partial charge in [0, 0.05) is 6.20 Å². The van der Waals surface area contributed by atoms with E-state index in [9.17, 15) is 39.1 Å². The number of aromatic amines is 1. The Balaban J connectivity index is 0.00000134. The monoisotopic (exact) mass is 693 g/mol. The summed E-state index contributed by atoms with van der Waals surface area (Å²) in [6.45, 7) is -1.54. The maximum Gasteiger partial charge on any atom is 0.472 e. The fourth-order valence-electron chi connectivity index (χ4n) is 5.04. The quantitative estimate of drug-likeness (QED) is 0.0856. The molecule has 22 nitrogen and oxygen atoms in total. The van der Waals surface area contributed by atoms with Gasteiger partial charge in [0.25, 0.3) is 5.56 Å². The summed E-state index contributed by atoms with van der Waals surface area (Å²) in [5, 5.41) is 41.4. The van der Waals surface area contributed by atoms with E-state index in [1.54, 1.807) is 0 Å². The SMILES string of the molecule is Nc1nc2c(ncn2[C@@H]2O[C@H](CO)[C@@H](O)[C@H]2OP(=O)(O)OC[C@H]2O[C@@H](n3cc(F)c4c(N)ncnc43)[C@H](O)[C@@H]2O)c(=O)[nH]1.O=PO. The van der Waals surface area contributed by atoms with Crippen LogP contribution in [0.4, 0.5) is 16.2 Å². The minimum Gasteiger partial charge on any atom is -0.394 e. The largest absolute Gasteiger partial charge is 0.472 e. The van der Waals surface area contributed by atoms with Gasteiger partial charge in [0.2, 0.25) is 5.95 Å². The minimum atomic E-state index is -5.11. The Morgan fingerprint density at radius 3 is 2.46 bits per heavy atom. The number of nitrogens with two attached hydrogens (primary N) is 2. The molecule has 6 heterocycles. The molecule has 0 saturated carbocycles. The van der Waals surface area contributed by atoms with E-state index in [2.05, 4.69) is 24.9 Å². The van der Waals surface area contributed by atoms with Gasteiger partial charge in [0.1, 0.15) is 48.8 Å². The van der Waals surface area contributed by atoms with Gasteiger partial charge in [-0.15, -0.1) is 0 Å². The van der Waals surface area contributed by atoms with Crippen LogP contribution in [-0.4, -0.2) is 114 Å². The molecule has 1 unspecified atom stereocenters. The zero-order chi connectivity index (χ0) is 33.5. The third-order valence-electron chi connectivity index (χ3n) is 7.08. The lowest BCUT2D eigenvalue weighted by Gasteiger charge is -2.24. The Kier molecular flexibility index (Phi) is 9.75. The number of phosphoric ester groups is 1. The number of hydrogen-bond acceptors (Lipinski definition) is 17. The molecule has 0 aromatic carbocycles. The smallest absolute Gasteiger partial charge is 0.394 e. The van der Waals surface area contributed by atoms with Crippen LogP contribution in [0.1, 0.15) is 12.5 Å². The standard InChI is InChI=1S/C21H25FN9O11P.HO2P/c22-6-1-30(16-9(6)15(23)25-4-26-16)19-13(35)11(33)8(41-19)3-39-43(37,38)42-14-12(34)7(2-32)40-20(14)31-5-27-10-17(31)28-21(24)29-18(10)36;1-3-2/h1,4-5,7-8,11-14,19-20,32-35H,2-3H2,(H,37,38)(H2,23,25,26)(H3,24,28,29,36);(H,1,2)/t7-,8-,11-,12-,13-,14-,19-,20-;/m1./s1. The summed E-state index contributed by atoms with van der Waals surface area (Å²) < 4.78 is 59.6. The molecule has 9 atom stereocenters. The molecule has 4 aromatic rings. The van der Waals surface area contributed by atoms with Crippen LogP contribution < -0.4 is 17.0 Å². The zero-order valence-electron chi connectivity index (χ0n) is 22.9. The van der Waals surface area contributed by atoms with Crippen LogP contribution in [0.5, 0.6) is 0 Å². The third-order valence-corrected chi connectivity index (χ3v) is 8.06. The highest BCUT2D eigenvalue weighted by Crippen LogP contribution is 2.50. The molecule has 2 fully saturated rings. The number of imidazole rings is 1. The highest BCUT2D eigenvalue weighted by atomic mass is 31.2. The molecule has 2 saturated heterocycles. The van der Waals surface area contributed by atoms with Crippen molar-refractivity contribution in [2.24, 2.45) is 0 Å². The van der Waals surface area contributed by atoms with Crippen molar-refractivity contribution in [2.75, 3.05) is 24.7 Å². The number of nitrogen functional groups attached to an aromatic ring is 2. The summed E-state index contributed by atoms with van der Waals surface area (Å²) >= 11 is 0. The Hall–Kier alpha value is -3.57. The van der Waals surface area contributed by atoms with Crippen molar-refractivity contribution in [3.05, 3.63) is 35.0 Å². The van der Waals surface area contributed by atoms with Crippen LogP contribution in [0.15, 0.2) is 23.6 Å². The van der Waals surface area contributed by atoms with Gasteiger partial charge >= 0.3 is 16.5 Å². The molecule has 2 aliphatic heterocycles. The number of aromatic nitrogens is 7. The van der Waals surface area contributed by atoms with Gasteiger partial charge < -0.3 is 55.7 Å². The lowest BCUT2D eigenvalue weighted by atomic mass is 10.1. The molecule has 25 heteroatoms. The van der Waals surface area contributed by atoms with Gasteiger partial charge in [-0.1, -0.05) is 0 Å². The predicted octanol–water partition coefficient (Wildman–Crippen LogP) is -2.57. The fourth-order valence-corrected chi connectivity index (χ4v) is 5.97. The highest BCUT2D eigenvalue weighted by Gasteiger charge is 2.50. The van der Waals surface area contributed by atoms with Crippen molar-refractivity contribution in [2.45, 2.75) is 49.1 Å². The molecule has 0 aliphatic carbocycles. The van der Waals surface area contributed by atoms with E-state index in [1.165, 1.54) is 0 Å². The lowest BCUT2D eigenvalue weighted by Crippen LogP contribution is -2.36. The molecule has 11 N–H and O–H groups in total. The van der Waals surface area contributed by atoms with E-state index in [0.29, 0.717) is 0 Å². The fraction of sp³-hybridized carbons (Fsp3) is 0.476. The molecule has 0 spiro atoms. The second kappa shape index (κ2) is 13.3. The second-order valence-corrected chi connectivity index (χ2v) is 11.4. The number of rotatable bonds is 8. The van der Waals surface area contributed by atoms with Crippen LogP contribution in [0.3, 0.4) is 0 Å². The molecule has 0 radical (unpaired) electrons. The molecular formula is C21H26FN9O13P2. The number of aliphatic hydroxyl groups is 4. The van der Waals surface area contributed by atoms with Crippen molar-refractivity contribution in [3.63, 3.8) is 0 Å². The average molecular weight is 693 g/mol. The summed E-state index contributed by atoms with van der Waals surface area (Å²) in [7, 11) is -5.95. The first-order valence-electron chi connectivity index (χ1n) is 12.9. The minimum absolute atomic E-state index is 0.0380. The number of aliphatic hydroxyl groups excluding tert-OH is 4. The van der Waals surface area contributed by atoms with E-state index in [0.717, 1.165) is 28.0 Å². The van der Waals surface area contributed by atoms with Gasteiger partial charge in [-0.2, -0.15) is 4.98 Å². The summed E-state index contributed by atoms with van der Waals surface area (Å²) in [6, 6.07) is 0. The Labute approximate surface area is 255 Å². The number of nitrogens with one attached hydrogen (secondary N) is 1. The number of nitrogens with zero attached hydrogens (tertiary/aromatic N) is 6. The average Bonchev–Trinajstić information content (AvgIpc) is 3.72. The van der Waals surface area contributed by atoms with Crippen LogP contribution in [0.25, 0.3) is 22.2 Å². The summed E-state index contributed by atoms with van der Waals surface area (Å²) in [4.78, 5) is 47.5. The first-order valence-corrected chi connectivity index (χ1v) is 15.1. The molecule has 0 bridgehead atoms. The number of ether oxygens (including phenoxy) is 2. The lowest BCUT2D eigenvalue weighted by molar-refractivity contribution is -0.0615. The van der Waals surface area contributed by atoms with Gasteiger partial charge in [-0.3, -0.25) is 23.4 Å². The maximum atomic E-state index is 14.5. The third kappa shape index (κ3) is 6.23. The van der Waals surface area contributed by atoms with Gasteiger partial charge in [0.15, 0.2) is 35.1 Å². The van der Waals surface area contributed by atoms with Crippen LogP contribution >= 0.6 is 16.5 Å².